The van der Waals surface area contributed by atoms with Gasteiger partial charge in [0.1, 0.15) is 14.7 Å². The highest BCUT2D eigenvalue weighted by molar-refractivity contribution is 9.11. The number of hydrogen-bond donors (Lipinski definition) is 1. The summed E-state index contributed by atoms with van der Waals surface area (Å²) in [7, 11) is 0. The van der Waals surface area contributed by atoms with Crippen molar-refractivity contribution in [3.05, 3.63) is 26.1 Å². The lowest BCUT2D eigenvalue weighted by Gasteiger charge is -1.91. The van der Waals surface area contributed by atoms with Crippen molar-refractivity contribution in [2.45, 2.75) is 0 Å². The van der Waals surface area contributed by atoms with E-state index < -0.39 is 0 Å². The number of aromatic hydroxyl groups is 1. The van der Waals surface area contributed by atoms with Gasteiger partial charge in [0.15, 0.2) is 4.98 Å². The van der Waals surface area contributed by atoms with Gasteiger partial charge in [0, 0.05) is 12.1 Å². The lowest BCUT2D eigenvalue weighted by atomic mass is 10.3. The van der Waals surface area contributed by atoms with Gasteiger partial charge in [0.25, 0.3) is 0 Å². The van der Waals surface area contributed by atoms with Crippen molar-refractivity contribution >= 4 is 37.5 Å². The van der Waals surface area contributed by atoms with Crippen molar-refractivity contribution in [1.82, 2.24) is 0 Å². The summed E-state index contributed by atoms with van der Waals surface area (Å²) in [4.78, 5) is 3.01. The lowest BCUT2D eigenvalue weighted by Crippen LogP contribution is -1.70. The maximum absolute atomic E-state index is 9.03. The van der Waals surface area contributed by atoms with E-state index in [1.807, 2.05) is 0 Å². The van der Waals surface area contributed by atoms with Crippen molar-refractivity contribution < 1.29 is 5.11 Å². The molecule has 0 aliphatic carbocycles. The predicted octanol–water partition coefficient (Wildman–Crippen LogP) is 3.40. The van der Waals surface area contributed by atoms with Crippen LogP contribution in [0.1, 0.15) is 0 Å². The van der Waals surface area contributed by atoms with Crippen molar-refractivity contribution in [1.29, 1.82) is 5.39 Å². The van der Waals surface area contributed by atoms with Gasteiger partial charge in [-0.15, -0.1) is 0 Å². The number of phenols is 1. The zero-order chi connectivity index (χ0) is 8.43. The summed E-state index contributed by atoms with van der Waals surface area (Å²) in [5.41, 5.74) is 0.364. The molecule has 0 radical (unpaired) electrons. The van der Waals surface area contributed by atoms with Crippen LogP contribution in [-0.4, -0.2) is 5.11 Å². The second-order valence-corrected chi connectivity index (χ2v) is 3.57. The van der Waals surface area contributed by atoms with Gasteiger partial charge in [-0.2, -0.15) is 0 Å². The molecule has 1 rings (SSSR count). The summed E-state index contributed by atoms with van der Waals surface area (Å²) in [5, 5.41) is 17.5. The molecule has 5 heteroatoms. The number of benzene rings is 1. The minimum atomic E-state index is 0.108. The van der Waals surface area contributed by atoms with E-state index in [0.717, 1.165) is 0 Å². The van der Waals surface area contributed by atoms with Gasteiger partial charge < -0.3 is 5.11 Å². The number of diazo groups is 1. The van der Waals surface area contributed by atoms with Gasteiger partial charge in [-0.05, 0) is 31.9 Å². The van der Waals surface area contributed by atoms with Crippen molar-refractivity contribution in [3.8, 4) is 5.75 Å². The fraction of sp³-hybridized carbons (Fsp3) is 0. The molecule has 0 fully saturated rings. The average Bonchev–Trinajstić information content (AvgIpc) is 1.85. The minimum absolute atomic E-state index is 0.108. The molecule has 0 saturated heterocycles. The molecule has 1 aromatic rings. The smallest absolute Gasteiger partial charge is 0.413 e. The number of hydrogen-bond acceptors (Lipinski definition) is 2. The average molecular weight is 279 g/mol. The van der Waals surface area contributed by atoms with Crippen LogP contribution in [0.4, 0.5) is 5.69 Å². The highest BCUT2D eigenvalue weighted by Crippen LogP contribution is 2.36. The van der Waals surface area contributed by atoms with Crippen molar-refractivity contribution in [2.24, 2.45) is 0 Å². The van der Waals surface area contributed by atoms with Crippen LogP contribution in [0, 0.1) is 5.39 Å². The van der Waals surface area contributed by atoms with Gasteiger partial charge in [-0.3, -0.25) is 0 Å². The predicted molar refractivity (Wildman–Crippen MR) is 48.3 cm³/mol. The Bertz CT molecular complexity index is 309. The summed E-state index contributed by atoms with van der Waals surface area (Å²) in [5.74, 6) is 0.108. The number of nitrogens with zero attached hydrogens (tertiary/aromatic N) is 2. The van der Waals surface area contributed by atoms with E-state index in [1.165, 1.54) is 12.1 Å². The SMILES string of the molecule is N#[N+]c1c(Br)cc(O)cc1Br. The second kappa shape index (κ2) is 3.20. The van der Waals surface area contributed by atoms with Crippen LogP contribution in [0.15, 0.2) is 21.1 Å². The molecule has 0 spiro atoms. The first-order chi connectivity index (χ1) is 5.15. The van der Waals surface area contributed by atoms with E-state index in [9.17, 15) is 0 Å². The number of rotatable bonds is 0. The molecular weight excluding hydrogens is 276 g/mol. The Morgan fingerprint density at radius 3 is 2.09 bits per heavy atom. The number of phenolic OH excluding ortho intramolecular Hbond substituents is 1. The fourth-order valence-electron chi connectivity index (χ4n) is 0.648. The highest BCUT2D eigenvalue weighted by atomic mass is 79.9. The fourth-order valence-corrected chi connectivity index (χ4v) is 1.97. The van der Waals surface area contributed by atoms with E-state index in [1.54, 1.807) is 0 Å². The van der Waals surface area contributed by atoms with Crippen LogP contribution in [0.25, 0.3) is 4.98 Å². The van der Waals surface area contributed by atoms with Crippen LogP contribution < -0.4 is 0 Å². The third-order valence-corrected chi connectivity index (χ3v) is 2.31. The Hall–Kier alpha value is -0.600. The van der Waals surface area contributed by atoms with Gasteiger partial charge in [0.05, 0.1) is 0 Å². The highest BCUT2D eigenvalue weighted by Gasteiger charge is 2.17. The third kappa shape index (κ3) is 1.70. The van der Waals surface area contributed by atoms with E-state index in [2.05, 4.69) is 36.8 Å². The zero-order valence-corrected chi connectivity index (χ0v) is 8.42. The van der Waals surface area contributed by atoms with Crippen LogP contribution in [0.2, 0.25) is 0 Å². The Kier molecular flexibility index (Phi) is 2.47. The molecule has 0 bridgehead atoms. The van der Waals surface area contributed by atoms with E-state index in [4.69, 9.17) is 10.5 Å². The summed E-state index contributed by atoms with van der Waals surface area (Å²) in [6.07, 6.45) is 0. The van der Waals surface area contributed by atoms with Crippen LogP contribution in [0.3, 0.4) is 0 Å². The Balaban J connectivity index is 3.40. The molecule has 1 aromatic carbocycles. The first-order valence-electron chi connectivity index (χ1n) is 2.68. The molecule has 11 heavy (non-hydrogen) atoms. The Morgan fingerprint density at radius 1 is 1.27 bits per heavy atom. The monoisotopic (exact) mass is 277 g/mol. The normalized spacial score (nSPS) is 9.18. The molecule has 0 saturated carbocycles. The molecule has 3 nitrogen and oxygen atoms in total. The molecule has 0 aromatic heterocycles. The van der Waals surface area contributed by atoms with Gasteiger partial charge >= 0.3 is 5.69 Å². The minimum Gasteiger partial charge on any atom is -0.508 e. The second-order valence-electron chi connectivity index (χ2n) is 1.86. The van der Waals surface area contributed by atoms with E-state index in [0.29, 0.717) is 14.6 Å². The molecule has 0 aliphatic heterocycles. The Morgan fingerprint density at radius 2 is 1.73 bits per heavy atom. The van der Waals surface area contributed by atoms with Gasteiger partial charge in [-0.1, -0.05) is 0 Å². The van der Waals surface area contributed by atoms with Crippen LogP contribution in [-0.2, 0) is 0 Å². The summed E-state index contributed by atoms with van der Waals surface area (Å²) < 4.78 is 1.07. The van der Waals surface area contributed by atoms with Crippen molar-refractivity contribution in [3.63, 3.8) is 0 Å². The third-order valence-electron chi connectivity index (χ3n) is 1.10. The molecule has 1 N–H and O–H groups in total. The van der Waals surface area contributed by atoms with E-state index in [-0.39, 0.29) is 5.75 Å². The largest absolute Gasteiger partial charge is 0.508 e. The Labute approximate surface area is 79.9 Å². The van der Waals surface area contributed by atoms with Crippen LogP contribution >= 0.6 is 31.9 Å². The van der Waals surface area contributed by atoms with E-state index >= 15 is 0 Å². The molecular formula is C6H3Br2N2O+. The lowest BCUT2D eigenvalue weighted by molar-refractivity contribution is 0.474. The van der Waals surface area contributed by atoms with Crippen molar-refractivity contribution in [2.75, 3.05) is 0 Å². The standard InChI is InChI=1S/C6H2Br2N2O/c7-4-1-3(11)2-5(8)6(4)10-9/h1-2H/p+1. The van der Waals surface area contributed by atoms with Gasteiger partial charge in [-0.25, -0.2) is 0 Å². The first-order valence-corrected chi connectivity index (χ1v) is 4.27. The number of halogens is 2. The summed E-state index contributed by atoms with van der Waals surface area (Å²) in [6.45, 7) is 0. The maximum atomic E-state index is 9.03. The molecule has 0 amide bonds. The van der Waals surface area contributed by atoms with Crippen LogP contribution in [0.5, 0.6) is 5.75 Å². The molecule has 0 heterocycles. The maximum Gasteiger partial charge on any atom is 0.413 e. The quantitative estimate of drug-likeness (QED) is 0.740. The first kappa shape index (κ1) is 8.50. The molecule has 0 aliphatic rings. The topological polar surface area (TPSA) is 48.4 Å². The summed E-state index contributed by atoms with van der Waals surface area (Å²) >= 11 is 6.23. The zero-order valence-electron chi connectivity index (χ0n) is 5.25. The van der Waals surface area contributed by atoms with Gasteiger partial charge in [0.2, 0.25) is 5.39 Å². The summed E-state index contributed by atoms with van der Waals surface area (Å²) in [6, 6.07) is 2.89. The molecule has 0 unspecified atom stereocenters. The molecule has 0 atom stereocenters. The molecule has 56 valence electrons.